The van der Waals surface area contributed by atoms with E-state index in [-0.39, 0.29) is 5.56 Å². The van der Waals surface area contributed by atoms with Crippen molar-refractivity contribution in [2.45, 2.75) is 63.3 Å². The molecule has 0 spiro atoms. The van der Waals surface area contributed by atoms with Gasteiger partial charge in [-0.15, -0.1) is 5.54 Å². The molecule has 0 N–H and O–H groups in total. The van der Waals surface area contributed by atoms with Crippen LogP contribution >= 0.6 is 27.7 Å². The zero-order valence-electron chi connectivity index (χ0n) is 17.3. The molecule has 27 heavy (non-hydrogen) atoms. The lowest BCUT2D eigenvalue weighted by Crippen LogP contribution is -2.43. The van der Waals surface area contributed by atoms with Crippen molar-refractivity contribution >= 4 is 46.8 Å². The molecule has 0 saturated heterocycles. The van der Waals surface area contributed by atoms with E-state index in [1.54, 1.807) is 17.8 Å². The van der Waals surface area contributed by atoms with Crippen molar-refractivity contribution in [3.05, 3.63) is 26.6 Å². The van der Waals surface area contributed by atoms with Gasteiger partial charge >= 0.3 is 0 Å². The highest BCUT2D eigenvalue weighted by molar-refractivity contribution is 9.10. The predicted molar refractivity (Wildman–Crippen MR) is 122 cm³/mol. The number of nitrogens with zero attached hydrogens (tertiary/aromatic N) is 3. The standard InChI is InChI=1S/C20H28BrN3OSSi/c1-12(2)27(13(3)4,14(5)6)10-9-15-16-11-22-20(26-8)23-18(16)24(7)19(25)17(15)21/h11-14H,1-8H3. The molecule has 4 nitrogen and oxygen atoms in total. The molecule has 2 rings (SSSR count). The average Bonchev–Trinajstić information content (AvgIpc) is 2.61. The maximum Gasteiger partial charge on any atom is 0.267 e. The second kappa shape index (κ2) is 8.50. The van der Waals surface area contributed by atoms with Crippen molar-refractivity contribution in [2.75, 3.05) is 6.26 Å². The largest absolute Gasteiger partial charge is 0.295 e. The van der Waals surface area contributed by atoms with Crippen molar-refractivity contribution < 1.29 is 0 Å². The molecule has 0 aromatic carbocycles. The summed E-state index contributed by atoms with van der Waals surface area (Å²) in [5.41, 5.74) is 6.50. The van der Waals surface area contributed by atoms with E-state index in [1.807, 2.05) is 6.26 Å². The molecule has 7 heteroatoms. The van der Waals surface area contributed by atoms with Gasteiger partial charge in [-0.2, -0.15) is 0 Å². The van der Waals surface area contributed by atoms with Gasteiger partial charge in [-0.3, -0.25) is 9.36 Å². The zero-order chi connectivity index (χ0) is 20.5. The fraction of sp³-hybridized carbons (Fsp3) is 0.550. The Balaban J connectivity index is 2.85. The fourth-order valence-corrected chi connectivity index (χ4v) is 10.2. The number of hydrogen-bond donors (Lipinski definition) is 0. The summed E-state index contributed by atoms with van der Waals surface area (Å²) in [4.78, 5) is 21.7. The predicted octanol–water partition coefficient (Wildman–Crippen LogP) is 5.38. The molecule has 146 valence electrons. The number of rotatable bonds is 4. The molecule has 0 atom stereocenters. The lowest BCUT2D eigenvalue weighted by atomic mass is 10.2. The number of hydrogen-bond acceptors (Lipinski definition) is 4. The summed E-state index contributed by atoms with van der Waals surface area (Å²) < 4.78 is 2.05. The highest BCUT2D eigenvalue weighted by Gasteiger charge is 2.41. The molecule has 0 amide bonds. The van der Waals surface area contributed by atoms with E-state index in [4.69, 9.17) is 0 Å². The minimum atomic E-state index is -1.91. The molecule has 0 fully saturated rings. The van der Waals surface area contributed by atoms with Crippen LogP contribution in [0.3, 0.4) is 0 Å². The number of aromatic nitrogens is 3. The van der Waals surface area contributed by atoms with Gasteiger partial charge < -0.3 is 0 Å². The van der Waals surface area contributed by atoms with Crippen molar-refractivity contribution in [2.24, 2.45) is 7.05 Å². The van der Waals surface area contributed by atoms with Gasteiger partial charge in [-0.05, 0) is 38.8 Å². The fourth-order valence-electron chi connectivity index (χ4n) is 4.08. The molecule has 2 heterocycles. The monoisotopic (exact) mass is 465 g/mol. The van der Waals surface area contributed by atoms with Gasteiger partial charge in [0.05, 0.1) is 15.4 Å². The summed E-state index contributed by atoms with van der Waals surface area (Å²) in [5.74, 6) is 3.41. The maximum absolute atomic E-state index is 12.7. The highest BCUT2D eigenvalue weighted by atomic mass is 79.9. The van der Waals surface area contributed by atoms with Crippen molar-refractivity contribution in [1.82, 2.24) is 14.5 Å². The Labute approximate surface area is 175 Å². The quantitative estimate of drug-likeness (QED) is 0.263. The summed E-state index contributed by atoms with van der Waals surface area (Å²) in [7, 11) is -0.170. The lowest BCUT2D eigenvalue weighted by molar-refractivity contribution is 0.838. The summed E-state index contributed by atoms with van der Waals surface area (Å²) in [6.45, 7) is 13.7. The van der Waals surface area contributed by atoms with Crippen LogP contribution in [0.15, 0.2) is 20.6 Å². The normalized spacial score (nSPS) is 12.1. The second-order valence-corrected chi connectivity index (χ2v) is 14.9. The lowest BCUT2D eigenvalue weighted by Gasteiger charge is -2.38. The van der Waals surface area contributed by atoms with E-state index in [1.165, 1.54) is 11.8 Å². The van der Waals surface area contributed by atoms with Crippen LogP contribution in [0.1, 0.15) is 47.1 Å². The number of thioether (sulfide) groups is 1. The molecule has 0 saturated carbocycles. The van der Waals surface area contributed by atoms with Crippen molar-refractivity contribution in [3.63, 3.8) is 0 Å². The van der Waals surface area contributed by atoms with Crippen LogP contribution in [0, 0.1) is 11.5 Å². The molecule has 0 aliphatic carbocycles. The van der Waals surface area contributed by atoms with Gasteiger partial charge in [0.25, 0.3) is 5.56 Å². The van der Waals surface area contributed by atoms with E-state index in [9.17, 15) is 4.79 Å². The minimum Gasteiger partial charge on any atom is -0.295 e. The van der Waals surface area contributed by atoms with Crippen LogP contribution in [0.4, 0.5) is 0 Å². The minimum absolute atomic E-state index is 0.122. The molecule has 0 aliphatic heterocycles. The summed E-state index contributed by atoms with van der Waals surface area (Å²) in [5, 5.41) is 1.46. The van der Waals surface area contributed by atoms with Crippen molar-refractivity contribution in [1.29, 1.82) is 0 Å². The smallest absolute Gasteiger partial charge is 0.267 e. The number of halogens is 1. The van der Waals surface area contributed by atoms with E-state index < -0.39 is 8.07 Å². The molecule has 2 aromatic heterocycles. The topological polar surface area (TPSA) is 47.8 Å². The van der Waals surface area contributed by atoms with Gasteiger partial charge in [-0.1, -0.05) is 59.2 Å². The molecule has 0 bridgehead atoms. The van der Waals surface area contributed by atoms with Crippen LogP contribution < -0.4 is 5.56 Å². The van der Waals surface area contributed by atoms with Crippen LogP contribution in [0.25, 0.3) is 11.0 Å². The molecule has 0 unspecified atom stereocenters. The third-order valence-corrected chi connectivity index (χ3v) is 13.1. The molecular weight excluding hydrogens is 438 g/mol. The van der Waals surface area contributed by atoms with Crippen LogP contribution in [-0.2, 0) is 7.05 Å². The van der Waals surface area contributed by atoms with E-state index >= 15 is 0 Å². The number of pyridine rings is 1. The number of fused-ring (bicyclic) bond motifs is 1. The first-order valence-electron chi connectivity index (χ1n) is 9.20. The summed E-state index contributed by atoms with van der Waals surface area (Å²) in [6.07, 6.45) is 3.71. The van der Waals surface area contributed by atoms with Gasteiger partial charge in [-0.25, -0.2) is 9.97 Å². The van der Waals surface area contributed by atoms with E-state index in [2.05, 4.69) is 78.9 Å². The van der Waals surface area contributed by atoms with Gasteiger partial charge in [0.2, 0.25) is 0 Å². The van der Waals surface area contributed by atoms with Crippen LogP contribution in [0.2, 0.25) is 16.6 Å². The third-order valence-electron chi connectivity index (χ3n) is 5.50. The first-order chi connectivity index (χ1) is 12.6. The second-order valence-electron chi connectivity index (χ2n) is 7.79. The first-order valence-corrected chi connectivity index (χ1v) is 13.4. The Hall–Kier alpha value is -1.10. The third kappa shape index (κ3) is 3.89. The van der Waals surface area contributed by atoms with Gasteiger partial charge in [0.15, 0.2) is 5.16 Å². The molecule has 0 radical (unpaired) electrons. The molecule has 2 aromatic rings. The SMILES string of the molecule is CSc1ncc2c(C#C[Si](C(C)C)(C(C)C)C(C)C)c(Br)c(=O)n(C)c2n1. The Morgan fingerprint density at radius 1 is 1.15 bits per heavy atom. The van der Waals surface area contributed by atoms with Crippen molar-refractivity contribution in [3.8, 4) is 11.5 Å². The van der Waals surface area contributed by atoms with Gasteiger partial charge in [0.1, 0.15) is 13.7 Å². The Morgan fingerprint density at radius 2 is 1.70 bits per heavy atom. The molecular formula is C20H28BrN3OSSi. The van der Waals surface area contributed by atoms with Crippen LogP contribution in [-0.4, -0.2) is 28.9 Å². The first kappa shape index (κ1) is 22.2. The van der Waals surface area contributed by atoms with E-state index in [0.29, 0.717) is 37.5 Å². The Kier molecular flexibility index (Phi) is 6.99. The Morgan fingerprint density at radius 3 is 2.19 bits per heavy atom. The number of aryl methyl sites for hydroxylation is 1. The zero-order valence-corrected chi connectivity index (χ0v) is 20.7. The highest BCUT2D eigenvalue weighted by Crippen LogP contribution is 2.41. The van der Waals surface area contributed by atoms with Gasteiger partial charge in [0, 0.05) is 13.2 Å². The Bertz CT molecular complexity index is 951. The maximum atomic E-state index is 12.7. The average molecular weight is 467 g/mol. The van der Waals surface area contributed by atoms with Crippen LogP contribution in [0.5, 0.6) is 0 Å². The van der Waals surface area contributed by atoms with E-state index in [0.717, 1.165) is 5.39 Å². The molecule has 0 aliphatic rings. The summed E-state index contributed by atoms with van der Waals surface area (Å²) in [6, 6.07) is 0. The summed E-state index contributed by atoms with van der Waals surface area (Å²) >= 11 is 4.94.